The van der Waals surface area contributed by atoms with Gasteiger partial charge in [0.1, 0.15) is 0 Å². The van der Waals surface area contributed by atoms with Crippen molar-refractivity contribution in [3.8, 4) is 5.88 Å². The predicted molar refractivity (Wildman–Crippen MR) is 71.5 cm³/mol. The van der Waals surface area contributed by atoms with Gasteiger partial charge in [0, 0.05) is 12.6 Å². The standard InChI is InChI=1S/C14H14N2O3/c1-19-13-7-6-12(9-16-13)15-8-10-2-4-11(5-3-10)14(17)18/h2-7,9,15H,8H2,1H3,(H,17,18). The Morgan fingerprint density at radius 3 is 2.53 bits per heavy atom. The molecule has 0 unspecified atom stereocenters. The van der Waals surface area contributed by atoms with E-state index in [1.165, 1.54) is 0 Å². The molecule has 0 saturated carbocycles. The second kappa shape index (κ2) is 5.86. The van der Waals surface area contributed by atoms with Crippen molar-refractivity contribution < 1.29 is 14.6 Å². The fourth-order valence-electron chi connectivity index (χ4n) is 1.57. The van der Waals surface area contributed by atoms with Gasteiger partial charge in [-0.15, -0.1) is 0 Å². The van der Waals surface area contributed by atoms with Gasteiger partial charge in [0.25, 0.3) is 0 Å². The number of carbonyl (C=O) groups is 1. The summed E-state index contributed by atoms with van der Waals surface area (Å²) in [5.41, 5.74) is 2.17. The zero-order valence-electron chi connectivity index (χ0n) is 10.5. The van der Waals surface area contributed by atoms with Crippen molar-refractivity contribution in [2.45, 2.75) is 6.54 Å². The number of rotatable bonds is 5. The van der Waals surface area contributed by atoms with Crippen LogP contribution in [0.25, 0.3) is 0 Å². The minimum atomic E-state index is -0.918. The third kappa shape index (κ3) is 3.45. The fraction of sp³-hybridized carbons (Fsp3) is 0.143. The summed E-state index contributed by atoms with van der Waals surface area (Å²) in [6, 6.07) is 10.4. The molecule has 0 radical (unpaired) electrons. The van der Waals surface area contributed by atoms with Gasteiger partial charge in [0.15, 0.2) is 0 Å². The van der Waals surface area contributed by atoms with Crippen molar-refractivity contribution in [1.29, 1.82) is 0 Å². The highest BCUT2D eigenvalue weighted by atomic mass is 16.5. The SMILES string of the molecule is COc1ccc(NCc2ccc(C(=O)O)cc2)cn1. The first-order valence-electron chi connectivity index (χ1n) is 5.75. The Kier molecular flexibility index (Phi) is 3.97. The van der Waals surface area contributed by atoms with E-state index in [1.54, 1.807) is 43.6 Å². The summed E-state index contributed by atoms with van der Waals surface area (Å²) in [7, 11) is 1.57. The molecule has 0 fully saturated rings. The van der Waals surface area contributed by atoms with Crippen molar-refractivity contribution in [3.63, 3.8) is 0 Å². The minimum Gasteiger partial charge on any atom is -0.481 e. The molecule has 0 saturated heterocycles. The highest BCUT2D eigenvalue weighted by molar-refractivity contribution is 5.87. The number of carboxylic acids is 1. The maximum atomic E-state index is 10.7. The summed E-state index contributed by atoms with van der Waals surface area (Å²) in [5.74, 6) is -0.352. The lowest BCUT2D eigenvalue weighted by atomic mass is 10.1. The molecule has 2 N–H and O–H groups in total. The zero-order chi connectivity index (χ0) is 13.7. The first kappa shape index (κ1) is 12.9. The van der Waals surface area contributed by atoms with Crippen molar-refractivity contribution in [3.05, 3.63) is 53.7 Å². The lowest BCUT2D eigenvalue weighted by molar-refractivity contribution is 0.0697. The molecule has 1 aromatic heterocycles. The summed E-state index contributed by atoms with van der Waals surface area (Å²) in [5, 5.41) is 12.0. The number of hydrogen-bond acceptors (Lipinski definition) is 4. The second-order valence-electron chi connectivity index (χ2n) is 3.94. The summed E-state index contributed by atoms with van der Waals surface area (Å²) in [4.78, 5) is 14.8. The topological polar surface area (TPSA) is 71.5 Å². The molecule has 98 valence electrons. The van der Waals surface area contributed by atoms with Crippen LogP contribution >= 0.6 is 0 Å². The van der Waals surface area contributed by atoms with Crippen molar-refractivity contribution in [2.75, 3.05) is 12.4 Å². The van der Waals surface area contributed by atoms with E-state index in [0.717, 1.165) is 11.3 Å². The normalized spacial score (nSPS) is 9.95. The number of nitrogens with zero attached hydrogens (tertiary/aromatic N) is 1. The molecule has 0 aliphatic heterocycles. The number of aromatic nitrogens is 1. The number of carboxylic acid groups (broad SMARTS) is 1. The van der Waals surface area contributed by atoms with Gasteiger partial charge in [-0.05, 0) is 23.8 Å². The summed E-state index contributed by atoms with van der Waals surface area (Å²) >= 11 is 0. The molecule has 2 aromatic rings. The van der Waals surface area contributed by atoms with Gasteiger partial charge in [-0.3, -0.25) is 0 Å². The highest BCUT2D eigenvalue weighted by Gasteiger charge is 2.01. The largest absolute Gasteiger partial charge is 0.481 e. The third-order valence-electron chi connectivity index (χ3n) is 2.64. The molecular weight excluding hydrogens is 244 g/mol. The lowest BCUT2D eigenvalue weighted by Gasteiger charge is -2.07. The Morgan fingerprint density at radius 2 is 2.00 bits per heavy atom. The summed E-state index contributed by atoms with van der Waals surface area (Å²) in [6.07, 6.45) is 1.68. The van der Waals surface area contributed by atoms with E-state index in [9.17, 15) is 4.79 Å². The zero-order valence-corrected chi connectivity index (χ0v) is 10.5. The Balaban J connectivity index is 1.95. The van der Waals surface area contributed by atoms with E-state index >= 15 is 0 Å². The highest BCUT2D eigenvalue weighted by Crippen LogP contribution is 2.12. The first-order valence-corrected chi connectivity index (χ1v) is 5.75. The predicted octanol–water partition coefficient (Wildman–Crippen LogP) is 2.40. The fourth-order valence-corrected chi connectivity index (χ4v) is 1.57. The average molecular weight is 258 g/mol. The van der Waals surface area contributed by atoms with Gasteiger partial charge in [-0.25, -0.2) is 9.78 Å². The molecule has 0 aliphatic carbocycles. The molecular formula is C14H14N2O3. The van der Waals surface area contributed by atoms with E-state index in [0.29, 0.717) is 12.4 Å². The Morgan fingerprint density at radius 1 is 1.26 bits per heavy atom. The average Bonchev–Trinajstić information content (AvgIpc) is 2.46. The van der Waals surface area contributed by atoms with Gasteiger partial charge >= 0.3 is 5.97 Å². The number of methoxy groups -OCH3 is 1. The molecule has 0 aliphatic rings. The molecule has 0 bridgehead atoms. The molecule has 19 heavy (non-hydrogen) atoms. The molecule has 0 amide bonds. The van der Waals surface area contributed by atoms with Crippen LogP contribution < -0.4 is 10.1 Å². The van der Waals surface area contributed by atoms with Gasteiger partial charge < -0.3 is 15.2 Å². The van der Waals surface area contributed by atoms with Crippen LogP contribution in [0.3, 0.4) is 0 Å². The number of nitrogens with one attached hydrogen (secondary N) is 1. The lowest BCUT2D eigenvalue weighted by Crippen LogP contribution is -2.01. The molecule has 0 atom stereocenters. The quantitative estimate of drug-likeness (QED) is 0.861. The molecule has 1 heterocycles. The van der Waals surface area contributed by atoms with Crippen molar-refractivity contribution in [1.82, 2.24) is 4.98 Å². The first-order chi connectivity index (χ1) is 9.19. The van der Waals surface area contributed by atoms with Crippen LogP contribution in [0.4, 0.5) is 5.69 Å². The van der Waals surface area contributed by atoms with Crippen LogP contribution in [-0.4, -0.2) is 23.2 Å². The van der Waals surface area contributed by atoms with Crippen molar-refractivity contribution in [2.24, 2.45) is 0 Å². The van der Waals surface area contributed by atoms with Crippen LogP contribution in [-0.2, 0) is 6.54 Å². The minimum absolute atomic E-state index is 0.287. The van der Waals surface area contributed by atoms with Crippen LogP contribution in [0.5, 0.6) is 5.88 Å². The number of anilines is 1. The Labute approximate surface area is 110 Å². The second-order valence-corrected chi connectivity index (χ2v) is 3.94. The molecule has 5 nitrogen and oxygen atoms in total. The number of benzene rings is 1. The van der Waals surface area contributed by atoms with Crippen molar-refractivity contribution >= 4 is 11.7 Å². The number of ether oxygens (including phenoxy) is 1. The van der Waals surface area contributed by atoms with E-state index in [2.05, 4.69) is 10.3 Å². The van der Waals surface area contributed by atoms with Crippen LogP contribution in [0.2, 0.25) is 0 Å². The number of aromatic carboxylic acids is 1. The third-order valence-corrected chi connectivity index (χ3v) is 2.64. The monoisotopic (exact) mass is 258 g/mol. The summed E-state index contributed by atoms with van der Waals surface area (Å²) in [6.45, 7) is 0.605. The summed E-state index contributed by atoms with van der Waals surface area (Å²) < 4.78 is 4.97. The van der Waals surface area contributed by atoms with E-state index in [-0.39, 0.29) is 5.56 Å². The molecule has 2 rings (SSSR count). The number of pyridine rings is 1. The van der Waals surface area contributed by atoms with E-state index < -0.39 is 5.97 Å². The molecule has 1 aromatic carbocycles. The Bertz CT molecular complexity index is 550. The van der Waals surface area contributed by atoms with Gasteiger partial charge in [-0.1, -0.05) is 12.1 Å². The van der Waals surface area contributed by atoms with Gasteiger partial charge in [0.05, 0.1) is 24.6 Å². The smallest absolute Gasteiger partial charge is 0.335 e. The molecule has 0 spiro atoms. The van der Waals surface area contributed by atoms with E-state index in [1.807, 2.05) is 6.07 Å². The van der Waals surface area contributed by atoms with Crippen LogP contribution in [0.15, 0.2) is 42.6 Å². The van der Waals surface area contributed by atoms with Crippen LogP contribution in [0, 0.1) is 0 Å². The molecule has 5 heteroatoms. The van der Waals surface area contributed by atoms with Crippen LogP contribution in [0.1, 0.15) is 15.9 Å². The van der Waals surface area contributed by atoms with E-state index in [4.69, 9.17) is 9.84 Å². The maximum Gasteiger partial charge on any atom is 0.335 e. The number of hydrogen-bond donors (Lipinski definition) is 2. The maximum absolute atomic E-state index is 10.7. The van der Waals surface area contributed by atoms with Gasteiger partial charge in [-0.2, -0.15) is 0 Å². The van der Waals surface area contributed by atoms with Gasteiger partial charge in [0.2, 0.25) is 5.88 Å². The Hall–Kier alpha value is -2.56.